The van der Waals surface area contributed by atoms with Gasteiger partial charge in [0.05, 0.1) is 10.6 Å². The predicted molar refractivity (Wildman–Crippen MR) is 114 cm³/mol. The minimum atomic E-state index is -2.30. The molecule has 0 aliphatic rings. The Hall–Kier alpha value is -2.51. The number of hydroxylamine groups is 1. The van der Waals surface area contributed by atoms with Crippen LogP contribution < -0.4 is 5.06 Å². The molecule has 28 heavy (non-hydrogen) atoms. The fourth-order valence-corrected chi connectivity index (χ4v) is 3.46. The number of benzene rings is 2. The zero-order valence-corrected chi connectivity index (χ0v) is 18.3. The van der Waals surface area contributed by atoms with Gasteiger partial charge in [0.15, 0.2) is 5.78 Å². The third-order valence-electron chi connectivity index (χ3n) is 5.22. The fourth-order valence-electron chi connectivity index (χ4n) is 2.43. The molecular weight excluding hydrogens is 372 g/mol. The van der Waals surface area contributed by atoms with Gasteiger partial charge >= 0.3 is 0 Å². The molecule has 0 spiro atoms. The molecule has 0 N–H and O–H groups in total. The Morgan fingerprint density at radius 1 is 1.11 bits per heavy atom. The molecule has 2 aromatic carbocycles. The molecule has 0 saturated heterocycles. The summed E-state index contributed by atoms with van der Waals surface area (Å²) in [5.41, 5.74) is 1.03. The molecule has 0 radical (unpaired) electrons. The Kier molecular flexibility index (Phi) is 6.41. The van der Waals surface area contributed by atoms with Crippen molar-refractivity contribution < 1.29 is 14.2 Å². The van der Waals surface area contributed by atoms with Crippen LogP contribution in [-0.2, 0) is 4.53 Å². The summed E-state index contributed by atoms with van der Waals surface area (Å²) < 4.78 is 6.46. The first kappa shape index (κ1) is 21.8. The molecule has 1 atom stereocenters. The van der Waals surface area contributed by atoms with Gasteiger partial charge in [-0.05, 0) is 31.1 Å². The maximum absolute atomic E-state index is 13.1. The van der Waals surface area contributed by atoms with Gasteiger partial charge in [-0.3, -0.25) is 20.0 Å². The SMILES string of the molecule is CC(C(=O)c1ccccc1)N(O[Si](C)(C)C(C)(C)C)c1cccc([N+](=O)[O-])c1. The largest absolute Gasteiger partial charge is 0.319 e. The monoisotopic (exact) mass is 400 g/mol. The second-order valence-corrected chi connectivity index (χ2v) is 13.1. The first-order valence-electron chi connectivity index (χ1n) is 9.26. The van der Waals surface area contributed by atoms with Crippen LogP contribution in [0.3, 0.4) is 0 Å². The van der Waals surface area contributed by atoms with Crippen molar-refractivity contribution in [3.05, 3.63) is 70.3 Å². The molecule has 2 aromatic rings. The maximum Gasteiger partial charge on any atom is 0.271 e. The van der Waals surface area contributed by atoms with E-state index >= 15 is 0 Å². The van der Waals surface area contributed by atoms with Crippen molar-refractivity contribution in [2.24, 2.45) is 0 Å². The minimum Gasteiger partial charge on any atom is -0.319 e. The summed E-state index contributed by atoms with van der Waals surface area (Å²) in [6.45, 7) is 12.2. The van der Waals surface area contributed by atoms with Crippen LogP contribution in [0.4, 0.5) is 11.4 Å². The van der Waals surface area contributed by atoms with E-state index < -0.39 is 19.3 Å². The predicted octanol–water partition coefficient (Wildman–Crippen LogP) is 5.61. The lowest BCUT2D eigenvalue weighted by Gasteiger charge is -2.42. The summed E-state index contributed by atoms with van der Waals surface area (Å²) in [6.07, 6.45) is 0. The molecule has 0 bridgehead atoms. The Morgan fingerprint density at radius 3 is 2.25 bits per heavy atom. The number of non-ortho nitro benzene ring substituents is 1. The molecule has 7 heteroatoms. The number of ketones is 1. The van der Waals surface area contributed by atoms with Crippen molar-refractivity contribution in [3.63, 3.8) is 0 Å². The number of anilines is 1. The normalized spacial score (nSPS) is 13.1. The van der Waals surface area contributed by atoms with Gasteiger partial charge in [0.2, 0.25) is 8.32 Å². The van der Waals surface area contributed by atoms with Crippen molar-refractivity contribution in [2.75, 3.05) is 5.06 Å². The van der Waals surface area contributed by atoms with Gasteiger partial charge in [0, 0.05) is 17.7 Å². The third kappa shape index (κ3) is 4.85. The lowest BCUT2D eigenvalue weighted by molar-refractivity contribution is -0.384. The molecule has 0 aliphatic heterocycles. The average Bonchev–Trinajstić information content (AvgIpc) is 2.65. The molecular formula is C21H28N2O4Si. The molecule has 0 aliphatic carbocycles. The van der Waals surface area contributed by atoms with Crippen molar-refractivity contribution in [1.82, 2.24) is 0 Å². The van der Waals surface area contributed by atoms with Crippen LogP contribution in [0.2, 0.25) is 18.1 Å². The van der Waals surface area contributed by atoms with Gasteiger partial charge < -0.3 is 4.53 Å². The molecule has 1 unspecified atom stereocenters. The highest BCUT2D eigenvalue weighted by atomic mass is 28.4. The number of hydrogen-bond donors (Lipinski definition) is 0. The summed E-state index contributed by atoms with van der Waals surface area (Å²) in [5.74, 6) is -0.106. The number of carbonyl (C=O) groups is 1. The first-order valence-corrected chi connectivity index (χ1v) is 12.2. The Labute approximate surface area is 167 Å². The van der Waals surface area contributed by atoms with E-state index in [1.807, 2.05) is 18.2 Å². The molecule has 0 heterocycles. The van der Waals surface area contributed by atoms with E-state index in [1.165, 1.54) is 12.1 Å². The molecule has 0 amide bonds. The van der Waals surface area contributed by atoms with Gasteiger partial charge in [0.1, 0.15) is 6.04 Å². The number of rotatable bonds is 7. The smallest absolute Gasteiger partial charge is 0.271 e. The summed E-state index contributed by atoms with van der Waals surface area (Å²) >= 11 is 0. The molecule has 150 valence electrons. The highest BCUT2D eigenvalue weighted by Gasteiger charge is 2.41. The van der Waals surface area contributed by atoms with Crippen LogP contribution in [0.15, 0.2) is 54.6 Å². The van der Waals surface area contributed by atoms with Gasteiger partial charge in [0.25, 0.3) is 5.69 Å². The quantitative estimate of drug-likeness (QED) is 0.261. The fraction of sp³-hybridized carbons (Fsp3) is 0.381. The van der Waals surface area contributed by atoms with Crippen LogP contribution in [0.1, 0.15) is 38.1 Å². The molecule has 0 saturated carbocycles. The molecule has 2 rings (SSSR count). The zero-order chi connectivity index (χ0) is 21.1. The lowest BCUT2D eigenvalue weighted by Crippen LogP contribution is -2.51. The molecule has 0 fully saturated rings. The van der Waals surface area contributed by atoms with E-state index in [9.17, 15) is 14.9 Å². The van der Waals surface area contributed by atoms with E-state index in [0.29, 0.717) is 11.3 Å². The Balaban J connectivity index is 2.48. The number of nitrogens with zero attached hydrogens (tertiary/aromatic N) is 2. The molecule has 0 aromatic heterocycles. The number of nitro benzene ring substituents is 1. The Bertz CT molecular complexity index is 847. The lowest BCUT2D eigenvalue weighted by atomic mass is 10.0. The van der Waals surface area contributed by atoms with Crippen LogP contribution in [0, 0.1) is 10.1 Å². The van der Waals surface area contributed by atoms with Crippen molar-refractivity contribution in [2.45, 2.75) is 51.9 Å². The number of hydrogen-bond acceptors (Lipinski definition) is 5. The van der Waals surface area contributed by atoms with Crippen molar-refractivity contribution in [1.29, 1.82) is 0 Å². The standard InChI is InChI=1S/C21H28N2O4Si/c1-16(20(24)17-11-8-7-9-12-17)22(27-28(5,6)21(2,3)4)18-13-10-14-19(15-18)23(25)26/h7-16H,1-6H3. The van der Waals surface area contributed by atoms with E-state index in [2.05, 4.69) is 33.9 Å². The first-order chi connectivity index (χ1) is 12.9. The van der Waals surface area contributed by atoms with Crippen molar-refractivity contribution in [3.8, 4) is 0 Å². The van der Waals surface area contributed by atoms with E-state index in [1.54, 1.807) is 36.3 Å². The van der Waals surface area contributed by atoms with Crippen molar-refractivity contribution >= 4 is 25.5 Å². The van der Waals surface area contributed by atoms with E-state index in [-0.39, 0.29) is 16.5 Å². The highest BCUT2D eigenvalue weighted by molar-refractivity contribution is 6.74. The summed E-state index contributed by atoms with van der Waals surface area (Å²) in [6, 6.07) is 14.6. The van der Waals surface area contributed by atoms with Crippen LogP contribution in [0.5, 0.6) is 0 Å². The second-order valence-electron chi connectivity index (χ2n) is 8.36. The number of nitro groups is 1. The summed E-state index contributed by atoms with van der Waals surface area (Å²) in [4.78, 5) is 23.9. The van der Waals surface area contributed by atoms with Crippen LogP contribution in [-0.4, -0.2) is 25.1 Å². The van der Waals surface area contributed by atoms with Crippen LogP contribution >= 0.6 is 0 Å². The van der Waals surface area contributed by atoms with E-state index in [0.717, 1.165) is 0 Å². The maximum atomic E-state index is 13.1. The molecule has 6 nitrogen and oxygen atoms in total. The van der Waals surface area contributed by atoms with E-state index in [4.69, 9.17) is 4.53 Å². The highest BCUT2D eigenvalue weighted by Crippen LogP contribution is 2.39. The second kappa shape index (κ2) is 8.24. The zero-order valence-electron chi connectivity index (χ0n) is 17.3. The third-order valence-corrected chi connectivity index (χ3v) is 9.48. The summed E-state index contributed by atoms with van der Waals surface area (Å²) in [7, 11) is -2.30. The van der Waals surface area contributed by atoms with Gasteiger partial charge in [-0.1, -0.05) is 57.2 Å². The minimum absolute atomic E-state index is 0.0410. The number of Topliss-reactive ketones (excluding diaryl/α,β-unsaturated/α-hetero) is 1. The van der Waals surface area contributed by atoms with Crippen LogP contribution in [0.25, 0.3) is 0 Å². The number of carbonyl (C=O) groups excluding carboxylic acids is 1. The van der Waals surface area contributed by atoms with Gasteiger partial charge in [-0.2, -0.15) is 0 Å². The summed E-state index contributed by atoms with van der Waals surface area (Å²) in [5, 5.41) is 12.7. The van der Waals surface area contributed by atoms with Gasteiger partial charge in [-0.25, -0.2) is 0 Å². The topological polar surface area (TPSA) is 72.7 Å². The van der Waals surface area contributed by atoms with Gasteiger partial charge in [-0.15, -0.1) is 0 Å². The average molecular weight is 401 g/mol. The Morgan fingerprint density at radius 2 is 1.71 bits per heavy atom.